The van der Waals surface area contributed by atoms with E-state index in [9.17, 15) is 13.6 Å². The summed E-state index contributed by atoms with van der Waals surface area (Å²) in [7, 11) is 0. The Morgan fingerprint density at radius 1 is 1.24 bits per heavy atom. The second kappa shape index (κ2) is 6.10. The fourth-order valence-corrected chi connectivity index (χ4v) is 2.86. The quantitative estimate of drug-likeness (QED) is 0.905. The van der Waals surface area contributed by atoms with Crippen LogP contribution in [0.25, 0.3) is 0 Å². The molecule has 1 heterocycles. The Labute approximate surface area is 123 Å². The molecule has 1 atom stereocenters. The zero-order valence-corrected chi connectivity index (χ0v) is 11.9. The van der Waals surface area contributed by atoms with Crippen LogP contribution >= 0.6 is 0 Å². The predicted octanol–water partition coefficient (Wildman–Crippen LogP) is 2.57. The van der Waals surface area contributed by atoms with Gasteiger partial charge in [0.15, 0.2) is 0 Å². The molecule has 0 bridgehead atoms. The van der Waals surface area contributed by atoms with Gasteiger partial charge in [0.2, 0.25) is 0 Å². The summed E-state index contributed by atoms with van der Waals surface area (Å²) in [6.07, 6.45) is 4.42. The first-order valence-corrected chi connectivity index (χ1v) is 7.61. The molecule has 1 saturated carbocycles. The molecule has 0 spiro atoms. The van der Waals surface area contributed by atoms with Crippen molar-refractivity contribution in [2.24, 2.45) is 5.92 Å². The Morgan fingerprint density at radius 3 is 2.67 bits per heavy atom. The minimum atomic E-state index is -0.778. The van der Waals surface area contributed by atoms with Crippen molar-refractivity contribution in [1.29, 1.82) is 0 Å². The molecule has 1 aromatic rings. The number of hydrogen-bond donors (Lipinski definition) is 1. The molecule has 0 radical (unpaired) electrons. The summed E-state index contributed by atoms with van der Waals surface area (Å²) < 4.78 is 26.8. The number of nitrogens with one attached hydrogen (secondary N) is 1. The van der Waals surface area contributed by atoms with Crippen LogP contribution in [0.3, 0.4) is 0 Å². The van der Waals surface area contributed by atoms with Crippen LogP contribution < -0.4 is 5.32 Å². The predicted molar refractivity (Wildman–Crippen MR) is 76.0 cm³/mol. The summed E-state index contributed by atoms with van der Waals surface area (Å²) in [6.45, 7) is 2.25. The smallest absolute Gasteiger partial charge is 0.256 e. The first-order valence-electron chi connectivity index (χ1n) is 7.61. The summed E-state index contributed by atoms with van der Waals surface area (Å²) in [5, 5.41) is 3.36. The highest BCUT2D eigenvalue weighted by Crippen LogP contribution is 2.30. The van der Waals surface area contributed by atoms with Crippen LogP contribution in [0.4, 0.5) is 8.78 Å². The highest BCUT2D eigenvalue weighted by Gasteiger charge is 2.30. The summed E-state index contributed by atoms with van der Waals surface area (Å²) in [4.78, 5) is 14.3. The number of carbonyl (C=O) groups excluding carboxylic acids is 1. The number of nitrogens with zero attached hydrogens (tertiary/aromatic N) is 1. The molecular weight excluding hydrogens is 274 g/mol. The van der Waals surface area contributed by atoms with Gasteiger partial charge in [-0.3, -0.25) is 4.79 Å². The van der Waals surface area contributed by atoms with E-state index in [1.54, 1.807) is 4.90 Å². The van der Waals surface area contributed by atoms with Crippen LogP contribution in [0.15, 0.2) is 18.2 Å². The van der Waals surface area contributed by atoms with E-state index < -0.39 is 11.6 Å². The number of amides is 1. The van der Waals surface area contributed by atoms with Gasteiger partial charge in [0.1, 0.15) is 11.6 Å². The topological polar surface area (TPSA) is 32.3 Å². The second-order valence-corrected chi connectivity index (χ2v) is 6.07. The standard InChI is InChI=1S/C16H20F2N2O/c17-12-5-6-14(15(18)8-12)16(21)20(9-11-3-4-11)10-13-2-1-7-19-13/h5-6,8,11,13,19H,1-4,7,9-10H2. The van der Waals surface area contributed by atoms with E-state index in [1.807, 2.05) is 0 Å². The van der Waals surface area contributed by atoms with Gasteiger partial charge < -0.3 is 10.2 Å². The first kappa shape index (κ1) is 14.4. The van der Waals surface area contributed by atoms with Crippen molar-refractivity contribution in [3.05, 3.63) is 35.4 Å². The first-order chi connectivity index (χ1) is 10.1. The largest absolute Gasteiger partial charge is 0.337 e. The molecule has 114 valence electrons. The zero-order chi connectivity index (χ0) is 14.8. The Balaban J connectivity index is 1.75. The molecule has 2 fully saturated rings. The Morgan fingerprint density at radius 2 is 2.05 bits per heavy atom. The number of halogens is 2. The lowest BCUT2D eigenvalue weighted by atomic mass is 10.1. The number of carbonyl (C=O) groups is 1. The average molecular weight is 294 g/mol. The molecule has 1 aliphatic heterocycles. The van der Waals surface area contributed by atoms with E-state index in [1.165, 1.54) is 6.07 Å². The average Bonchev–Trinajstić information content (AvgIpc) is 3.11. The van der Waals surface area contributed by atoms with Gasteiger partial charge in [-0.05, 0) is 50.3 Å². The molecule has 2 aliphatic rings. The Kier molecular flexibility index (Phi) is 4.19. The third-order valence-corrected chi connectivity index (χ3v) is 4.23. The maximum absolute atomic E-state index is 13.8. The molecule has 1 aromatic carbocycles. The highest BCUT2D eigenvalue weighted by molar-refractivity contribution is 5.94. The van der Waals surface area contributed by atoms with E-state index >= 15 is 0 Å². The Bertz CT molecular complexity index is 525. The van der Waals surface area contributed by atoms with Crippen molar-refractivity contribution >= 4 is 5.91 Å². The van der Waals surface area contributed by atoms with Crippen molar-refractivity contribution in [2.45, 2.75) is 31.7 Å². The third kappa shape index (κ3) is 3.59. The van der Waals surface area contributed by atoms with Gasteiger partial charge in [-0.2, -0.15) is 0 Å². The molecule has 3 nitrogen and oxygen atoms in total. The third-order valence-electron chi connectivity index (χ3n) is 4.23. The van der Waals surface area contributed by atoms with Crippen molar-refractivity contribution in [1.82, 2.24) is 10.2 Å². The maximum Gasteiger partial charge on any atom is 0.256 e. The summed E-state index contributed by atoms with van der Waals surface area (Å²) in [6, 6.07) is 3.45. The minimum absolute atomic E-state index is 0.0324. The lowest BCUT2D eigenvalue weighted by Crippen LogP contribution is -2.42. The molecule has 21 heavy (non-hydrogen) atoms. The van der Waals surface area contributed by atoms with Crippen LogP contribution in [0.1, 0.15) is 36.0 Å². The summed E-state index contributed by atoms with van der Waals surface area (Å²) in [5.74, 6) is -1.22. The monoisotopic (exact) mass is 294 g/mol. The van der Waals surface area contributed by atoms with Crippen LogP contribution in [0, 0.1) is 17.6 Å². The van der Waals surface area contributed by atoms with Gasteiger partial charge in [-0.25, -0.2) is 8.78 Å². The number of rotatable bonds is 5. The maximum atomic E-state index is 13.8. The number of benzene rings is 1. The molecule has 3 rings (SSSR count). The molecule has 1 aliphatic carbocycles. The zero-order valence-electron chi connectivity index (χ0n) is 11.9. The molecule has 1 amide bonds. The van der Waals surface area contributed by atoms with E-state index in [0.29, 0.717) is 19.0 Å². The van der Waals surface area contributed by atoms with Crippen LogP contribution in [0.5, 0.6) is 0 Å². The van der Waals surface area contributed by atoms with Crippen molar-refractivity contribution in [2.75, 3.05) is 19.6 Å². The molecule has 1 unspecified atom stereocenters. The van der Waals surface area contributed by atoms with Crippen LogP contribution in [-0.2, 0) is 0 Å². The molecule has 5 heteroatoms. The van der Waals surface area contributed by atoms with E-state index in [0.717, 1.165) is 44.4 Å². The lowest BCUT2D eigenvalue weighted by molar-refractivity contribution is 0.0728. The Hall–Kier alpha value is -1.49. The highest BCUT2D eigenvalue weighted by atomic mass is 19.1. The van der Waals surface area contributed by atoms with Crippen molar-refractivity contribution in [3.63, 3.8) is 0 Å². The number of hydrogen-bond acceptors (Lipinski definition) is 2. The second-order valence-electron chi connectivity index (χ2n) is 6.07. The fourth-order valence-electron chi connectivity index (χ4n) is 2.86. The van der Waals surface area contributed by atoms with Gasteiger partial charge in [0.05, 0.1) is 5.56 Å². The van der Waals surface area contributed by atoms with E-state index in [4.69, 9.17) is 0 Å². The molecule has 0 aromatic heterocycles. The van der Waals surface area contributed by atoms with Crippen LogP contribution in [0.2, 0.25) is 0 Å². The molecule has 1 saturated heterocycles. The van der Waals surface area contributed by atoms with Gasteiger partial charge in [0, 0.05) is 25.2 Å². The van der Waals surface area contributed by atoms with Crippen molar-refractivity contribution in [3.8, 4) is 0 Å². The van der Waals surface area contributed by atoms with E-state index in [-0.39, 0.29) is 17.5 Å². The molecule has 1 N–H and O–H groups in total. The van der Waals surface area contributed by atoms with Gasteiger partial charge in [-0.1, -0.05) is 0 Å². The van der Waals surface area contributed by atoms with Crippen molar-refractivity contribution < 1.29 is 13.6 Å². The lowest BCUT2D eigenvalue weighted by Gasteiger charge is -2.26. The van der Waals surface area contributed by atoms with Crippen LogP contribution in [-0.4, -0.2) is 36.5 Å². The van der Waals surface area contributed by atoms with Gasteiger partial charge in [-0.15, -0.1) is 0 Å². The summed E-state index contributed by atoms with van der Waals surface area (Å²) >= 11 is 0. The van der Waals surface area contributed by atoms with Gasteiger partial charge >= 0.3 is 0 Å². The molecular formula is C16H20F2N2O. The van der Waals surface area contributed by atoms with E-state index in [2.05, 4.69) is 5.32 Å². The van der Waals surface area contributed by atoms with Gasteiger partial charge in [0.25, 0.3) is 5.91 Å². The fraction of sp³-hybridized carbons (Fsp3) is 0.562. The summed E-state index contributed by atoms with van der Waals surface area (Å²) in [5.41, 5.74) is -0.0324. The SMILES string of the molecule is O=C(c1ccc(F)cc1F)N(CC1CC1)CC1CCCN1. The minimum Gasteiger partial charge on any atom is -0.337 e. The normalized spacial score (nSPS) is 21.5.